The molecule has 1 aliphatic heterocycles. The van der Waals surface area contributed by atoms with Crippen LogP contribution in [0.5, 0.6) is 0 Å². The van der Waals surface area contributed by atoms with Crippen LogP contribution in [0.15, 0.2) is 29.2 Å². The lowest BCUT2D eigenvalue weighted by Gasteiger charge is -2.46. The zero-order chi connectivity index (χ0) is 18.0. The summed E-state index contributed by atoms with van der Waals surface area (Å²) in [7, 11) is -3.16. The summed E-state index contributed by atoms with van der Waals surface area (Å²) in [5, 5.41) is 0. The first-order valence-corrected chi connectivity index (χ1v) is 10.3. The van der Waals surface area contributed by atoms with Crippen LogP contribution in [-0.2, 0) is 16.4 Å². The first-order chi connectivity index (χ1) is 11.1. The van der Waals surface area contributed by atoms with Crippen LogP contribution >= 0.6 is 0 Å². The molecule has 1 aromatic rings. The van der Waals surface area contributed by atoms with Crippen molar-refractivity contribution in [3.63, 3.8) is 0 Å². The summed E-state index contributed by atoms with van der Waals surface area (Å²) in [5.74, 6) is 0. The SMILES string of the molecule is [C-]#[N+]CC1(C(C)(C)C)CCN(Cc2cccc(S(C)(=O)=O)c2)CC1. The molecule has 1 heterocycles. The molecule has 132 valence electrons. The van der Waals surface area contributed by atoms with Crippen molar-refractivity contribution in [3.05, 3.63) is 41.2 Å². The Morgan fingerprint density at radius 1 is 1.25 bits per heavy atom. The number of nitrogens with zero attached hydrogens (tertiary/aromatic N) is 2. The number of sulfone groups is 1. The standard InChI is InChI=1S/C19H28N2O2S/c1-18(2,3)19(15-20-4)9-11-21(12-10-19)14-16-7-6-8-17(13-16)24(5,22)23/h6-8,13H,9-12,14-15H2,1-3,5H3. The fourth-order valence-corrected chi connectivity index (χ4v) is 4.26. The van der Waals surface area contributed by atoms with Crippen molar-refractivity contribution >= 4 is 9.84 Å². The Bertz CT molecular complexity index is 718. The Labute approximate surface area is 146 Å². The zero-order valence-electron chi connectivity index (χ0n) is 15.2. The normalized spacial score (nSPS) is 19.0. The Hall–Kier alpha value is -1.38. The molecule has 1 aliphatic rings. The molecule has 0 unspecified atom stereocenters. The van der Waals surface area contributed by atoms with Crippen LogP contribution in [0, 0.1) is 17.4 Å². The minimum atomic E-state index is -3.16. The molecular formula is C19H28N2O2S. The highest BCUT2D eigenvalue weighted by Gasteiger charge is 2.46. The number of hydrogen-bond donors (Lipinski definition) is 0. The molecule has 0 atom stereocenters. The van der Waals surface area contributed by atoms with E-state index in [0.717, 1.165) is 38.0 Å². The molecule has 0 bridgehead atoms. The van der Waals surface area contributed by atoms with Crippen molar-refractivity contribution in [1.82, 2.24) is 4.90 Å². The summed E-state index contributed by atoms with van der Waals surface area (Å²) in [6, 6.07) is 7.23. The van der Waals surface area contributed by atoms with E-state index in [4.69, 9.17) is 6.57 Å². The number of likely N-dealkylation sites (tertiary alicyclic amines) is 1. The Kier molecular flexibility index (Phi) is 5.41. The lowest BCUT2D eigenvalue weighted by Crippen LogP contribution is -2.47. The van der Waals surface area contributed by atoms with Gasteiger partial charge in [0.15, 0.2) is 9.84 Å². The maximum absolute atomic E-state index is 11.7. The van der Waals surface area contributed by atoms with E-state index in [1.54, 1.807) is 12.1 Å². The van der Waals surface area contributed by atoms with Crippen molar-refractivity contribution in [2.75, 3.05) is 25.9 Å². The molecule has 0 spiro atoms. The van der Waals surface area contributed by atoms with Crippen LogP contribution in [0.25, 0.3) is 4.85 Å². The van der Waals surface area contributed by atoms with Gasteiger partial charge in [-0.05, 0) is 49.0 Å². The van der Waals surface area contributed by atoms with Gasteiger partial charge >= 0.3 is 0 Å². The van der Waals surface area contributed by atoms with Gasteiger partial charge in [-0.15, -0.1) is 0 Å². The molecule has 0 N–H and O–H groups in total. The molecule has 2 rings (SSSR count). The molecule has 0 aliphatic carbocycles. The maximum Gasteiger partial charge on any atom is 0.220 e. The second-order valence-corrected chi connectivity index (χ2v) is 10.1. The fourth-order valence-electron chi connectivity index (χ4n) is 3.57. The molecule has 1 saturated heterocycles. The van der Waals surface area contributed by atoms with E-state index in [2.05, 4.69) is 30.5 Å². The van der Waals surface area contributed by atoms with Gasteiger partial charge in [-0.1, -0.05) is 32.9 Å². The molecule has 0 aromatic heterocycles. The predicted molar refractivity (Wildman–Crippen MR) is 97.4 cm³/mol. The lowest BCUT2D eigenvalue weighted by atomic mass is 9.61. The van der Waals surface area contributed by atoms with Crippen molar-refractivity contribution in [3.8, 4) is 0 Å². The van der Waals surface area contributed by atoms with Crippen molar-refractivity contribution in [2.24, 2.45) is 10.8 Å². The third-order valence-corrected chi connectivity index (χ3v) is 6.63. The van der Waals surface area contributed by atoms with Gasteiger partial charge < -0.3 is 4.85 Å². The Balaban J connectivity index is 2.07. The number of hydrogen-bond acceptors (Lipinski definition) is 3. The van der Waals surface area contributed by atoms with Crippen LogP contribution in [0.2, 0.25) is 0 Å². The third-order valence-electron chi connectivity index (χ3n) is 5.52. The highest BCUT2D eigenvalue weighted by molar-refractivity contribution is 7.90. The summed E-state index contributed by atoms with van der Waals surface area (Å²) < 4.78 is 23.4. The minimum absolute atomic E-state index is 0.0832. The summed E-state index contributed by atoms with van der Waals surface area (Å²) in [6.45, 7) is 17.3. The summed E-state index contributed by atoms with van der Waals surface area (Å²) in [6.07, 6.45) is 3.28. The zero-order valence-corrected chi connectivity index (χ0v) is 16.0. The van der Waals surface area contributed by atoms with Crippen LogP contribution < -0.4 is 0 Å². The second-order valence-electron chi connectivity index (χ2n) is 8.04. The Morgan fingerprint density at radius 3 is 2.38 bits per heavy atom. The minimum Gasteiger partial charge on any atom is -0.316 e. The number of benzene rings is 1. The van der Waals surface area contributed by atoms with E-state index < -0.39 is 9.84 Å². The van der Waals surface area contributed by atoms with Gasteiger partial charge in [0, 0.05) is 18.2 Å². The molecule has 4 nitrogen and oxygen atoms in total. The first-order valence-electron chi connectivity index (χ1n) is 8.42. The largest absolute Gasteiger partial charge is 0.316 e. The van der Waals surface area contributed by atoms with E-state index in [-0.39, 0.29) is 10.8 Å². The van der Waals surface area contributed by atoms with Crippen molar-refractivity contribution in [1.29, 1.82) is 0 Å². The van der Waals surface area contributed by atoms with Crippen LogP contribution in [0.3, 0.4) is 0 Å². The second kappa shape index (κ2) is 6.85. The van der Waals surface area contributed by atoms with Gasteiger partial charge in [0.05, 0.1) is 4.90 Å². The summed E-state index contributed by atoms with van der Waals surface area (Å²) in [5.41, 5.74) is 1.24. The summed E-state index contributed by atoms with van der Waals surface area (Å²) >= 11 is 0. The molecular weight excluding hydrogens is 320 g/mol. The average Bonchev–Trinajstić information content (AvgIpc) is 2.48. The first kappa shape index (κ1) is 19.0. The van der Waals surface area contributed by atoms with E-state index >= 15 is 0 Å². The number of rotatable bonds is 4. The van der Waals surface area contributed by atoms with Crippen LogP contribution in [0.1, 0.15) is 39.2 Å². The average molecular weight is 349 g/mol. The van der Waals surface area contributed by atoms with Gasteiger partial charge in [-0.3, -0.25) is 4.90 Å². The van der Waals surface area contributed by atoms with E-state index in [1.807, 2.05) is 12.1 Å². The summed E-state index contributed by atoms with van der Waals surface area (Å²) in [4.78, 5) is 6.46. The third kappa shape index (κ3) is 4.17. The fraction of sp³-hybridized carbons (Fsp3) is 0.632. The highest BCUT2D eigenvalue weighted by Crippen LogP contribution is 2.47. The topological polar surface area (TPSA) is 41.7 Å². The molecule has 0 saturated carbocycles. The van der Waals surface area contributed by atoms with Gasteiger partial charge in [0.25, 0.3) is 0 Å². The monoisotopic (exact) mass is 348 g/mol. The van der Waals surface area contributed by atoms with Crippen LogP contribution in [0.4, 0.5) is 0 Å². The molecule has 24 heavy (non-hydrogen) atoms. The number of piperidine rings is 1. The van der Waals surface area contributed by atoms with Crippen LogP contribution in [-0.4, -0.2) is 39.2 Å². The van der Waals surface area contributed by atoms with E-state index in [1.165, 1.54) is 6.26 Å². The van der Waals surface area contributed by atoms with E-state index in [0.29, 0.717) is 11.4 Å². The van der Waals surface area contributed by atoms with Gasteiger partial charge in [-0.25, -0.2) is 15.0 Å². The predicted octanol–water partition coefficient (Wildman–Crippen LogP) is 3.64. The van der Waals surface area contributed by atoms with Gasteiger partial charge in [0.1, 0.15) is 0 Å². The molecule has 0 amide bonds. The van der Waals surface area contributed by atoms with Crippen molar-refractivity contribution in [2.45, 2.75) is 45.1 Å². The smallest absolute Gasteiger partial charge is 0.220 e. The lowest BCUT2D eigenvalue weighted by molar-refractivity contribution is 0.0173. The quantitative estimate of drug-likeness (QED) is 0.780. The molecule has 5 heteroatoms. The van der Waals surface area contributed by atoms with Gasteiger partial charge in [0.2, 0.25) is 6.54 Å². The highest BCUT2D eigenvalue weighted by atomic mass is 32.2. The molecule has 0 radical (unpaired) electrons. The van der Waals surface area contributed by atoms with E-state index in [9.17, 15) is 8.42 Å². The molecule has 1 aromatic carbocycles. The maximum atomic E-state index is 11.7. The van der Waals surface area contributed by atoms with Gasteiger partial charge in [-0.2, -0.15) is 0 Å². The Morgan fingerprint density at radius 2 is 1.88 bits per heavy atom. The molecule has 1 fully saturated rings. The van der Waals surface area contributed by atoms with Crippen molar-refractivity contribution < 1.29 is 8.42 Å².